The maximum Gasteiger partial charge on any atom is 0.364 e. The van der Waals surface area contributed by atoms with Crippen LogP contribution < -0.4 is 0 Å². The third kappa shape index (κ3) is 4.32. The van der Waals surface area contributed by atoms with Crippen molar-refractivity contribution in [3.8, 4) is 0 Å². The molecule has 0 radical (unpaired) electrons. The summed E-state index contributed by atoms with van der Waals surface area (Å²) in [5, 5.41) is 4.49. The Bertz CT molecular complexity index is 1330. The van der Waals surface area contributed by atoms with Crippen molar-refractivity contribution < 1.29 is 22.0 Å². The molecule has 4 rings (SSSR count). The Balaban J connectivity index is 1.53. The van der Waals surface area contributed by atoms with Crippen molar-refractivity contribution in [1.29, 1.82) is 0 Å². The van der Waals surface area contributed by atoms with Gasteiger partial charge in [0.1, 0.15) is 10.6 Å². The largest absolute Gasteiger partial charge is 0.364 e. The number of sulfonamides is 1. The van der Waals surface area contributed by atoms with Crippen molar-refractivity contribution in [2.45, 2.75) is 37.6 Å². The van der Waals surface area contributed by atoms with E-state index in [1.54, 1.807) is 11.6 Å². The van der Waals surface area contributed by atoms with Crippen molar-refractivity contribution in [3.05, 3.63) is 41.1 Å². The van der Waals surface area contributed by atoms with Gasteiger partial charge in [0, 0.05) is 50.7 Å². The number of carbonyl (C=O) groups excluding carboxylic acids is 1. The molecule has 0 atom stereocenters. The van der Waals surface area contributed by atoms with Crippen LogP contribution in [0.25, 0.3) is 5.65 Å². The summed E-state index contributed by atoms with van der Waals surface area (Å²) in [7, 11) is -3.76. The zero-order valence-corrected chi connectivity index (χ0v) is 19.7. The molecule has 0 aromatic carbocycles. The number of carbonyl (C=O) groups is 1. The summed E-state index contributed by atoms with van der Waals surface area (Å²) in [4.78, 5) is 18.7. The van der Waals surface area contributed by atoms with Gasteiger partial charge in [0.25, 0.3) is 5.91 Å². The number of piperazine rings is 1. The molecule has 178 valence electrons. The third-order valence-corrected chi connectivity index (χ3v) is 7.63. The molecule has 0 aliphatic carbocycles. The number of halogens is 3. The van der Waals surface area contributed by atoms with Crippen molar-refractivity contribution >= 4 is 33.2 Å². The van der Waals surface area contributed by atoms with E-state index in [1.807, 2.05) is 6.92 Å². The summed E-state index contributed by atoms with van der Waals surface area (Å²) in [6.07, 6.45) is 1.50. The average Bonchev–Trinajstić information content (AvgIpc) is 3.35. The van der Waals surface area contributed by atoms with Gasteiger partial charge in [-0.3, -0.25) is 9.48 Å². The first-order valence-electron chi connectivity index (χ1n) is 10.2. The fourth-order valence-corrected chi connectivity index (χ4v) is 5.48. The first-order chi connectivity index (χ1) is 15.4. The second kappa shape index (κ2) is 8.29. The lowest BCUT2D eigenvalue weighted by Crippen LogP contribution is -2.50. The lowest BCUT2D eigenvalue weighted by atomic mass is 10.3. The van der Waals surface area contributed by atoms with Gasteiger partial charge in [-0.05, 0) is 38.4 Å². The molecule has 1 amide bonds. The van der Waals surface area contributed by atoms with Gasteiger partial charge in [-0.1, -0.05) is 0 Å². The Kier molecular flexibility index (Phi) is 5.91. The lowest BCUT2D eigenvalue weighted by molar-refractivity contribution is 0.0688. The van der Waals surface area contributed by atoms with Gasteiger partial charge >= 0.3 is 5.38 Å². The van der Waals surface area contributed by atoms with Crippen LogP contribution in [0.5, 0.6) is 0 Å². The summed E-state index contributed by atoms with van der Waals surface area (Å²) >= 11 is 5.19. The molecule has 4 heterocycles. The van der Waals surface area contributed by atoms with Gasteiger partial charge in [0.15, 0.2) is 11.3 Å². The molecule has 0 saturated carbocycles. The van der Waals surface area contributed by atoms with Crippen molar-refractivity contribution in [2.75, 3.05) is 26.2 Å². The number of hydrogen-bond donors (Lipinski definition) is 0. The zero-order valence-electron chi connectivity index (χ0n) is 18.2. The lowest BCUT2D eigenvalue weighted by Gasteiger charge is -2.33. The summed E-state index contributed by atoms with van der Waals surface area (Å²) < 4.78 is 57.3. The molecule has 0 spiro atoms. The minimum Gasteiger partial charge on any atom is -0.335 e. The molecule has 10 nitrogen and oxygen atoms in total. The molecule has 1 aliphatic rings. The molecule has 1 aliphatic heterocycles. The third-order valence-electron chi connectivity index (χ3n) is 5.43. The Morgan fingerprint density at radius 2 is 1.82 bits per heavy atom. The minimum absolute atomic E-state index is 0.0679. The van der Waals surface area contributed by atoms with Crippen molar-refractivity contribution in [3.63, 3.8) is 0 Å². The first kappa shape index (κ1) is 23.5. The van der Waals surface area contributed by atoms with E-state index in [0.29, 0.717) is 17.9 Å². The normalized spacial score (nSPS) is 16.0. The number of nitrogens with zero attached hydrogens (tertiary/aromatic N) is 7. The van der Waals surface area contributed by atoms with Gasteiger partial charge in [-0.25, -0.2) is 17.9 Å². The number of aryl methyl sites for hydroxylation is 3. The Morgan fingerprint density at radius 1 is 1.15 bits per heavy atom. The van der Waals surface area contributed by atoms with Crippen LogP contribution in [0.3, 0.4) is 0 Å². The standard InChI is InChI=1S/C19H22ClF2N7O3S/c1-4-27-11-15(13(3)24-27)33(31,32)28-7-5-26(6-8-28)18(30)14-10-17-23-12(2)9-16(19(20,21)22)29(17)25-14/h9-11H,4-8H2,1-3H3. The molecule has 3 aromatic rings. The minimum atomic E-state index is -3.76. The van der Waals surface area contributed by atoms with Crippen molar-refractivity contribution in [1.82, 2.24) is 33.6 Å². The van der Waals surface area contributed by atoms with E-state index in [4.69, 9.17) is 11.6 Å². The van der Waals surface area contributed by atoms with Gasteiger partial charge in [0.05, 0.1) is 5.69 Å². The smallest absolute Gasteiger partial charge is 0.335 e. The highest BCUT2D eigenvalue weighted by Crippen LogP contribution is 2.32. The molecule has 0 unspecified atom stereocenters. The van der Waals surface area contributed by atoms with Crippen LogP contribution in [-0.4, -0.2) is 74.1 Å². The van der Waals surface area contributed by atoms with E-state index in [1.165, 1.54) is 28.4 Å². The fraction of sp³-hybridized carbons (Fsp3) is 0.474. The maximum absolute atomic E-state index is 13.8. The van der Waals surface area contributed by atoms with E-state index in [-0.39, 0.29) is 42.4 Å². The van der Waals surface area contributed by atoms with Crippen LogP contribution in [0.15, 0.2) is 23.2 Å². The summed E-state index contributed by atoms with van der Waals surface area (Å²) in [6.45, 7) is 5.99. The zero-order chi connectivity index (χ0) is 24.1. The van der Waals surface area contributed by atoms with Crippen LogP contribution in [-0.2, 0) is 21.9 Å². The Morgan fingerprint density at radius 3 is 2.39 bits per heavy atom. The van der Waals surface area contributed by atoms with Crippen LogP contribution >= 0.6 is 11.6 Å². The molecule has 14 heteroatoms. The summed E-state index contributed by atoms with van der Waals surface area (Å²) in [5.74, 6) is -0.506. The highest BCUT2D eigenvalue weighted by molar-refractivity contribution is 7.89. The molecule has 1 saturated heterocycles. The van der Waals surface area contributed by atoms with Gasteiger partial charge in [-0.15, -0.1) is 0 Å². The highest BCUT2D eigenvalue weighted by atomic mass is 35.5. The second-order valence-corrected chi connectivity index (χ2v) is 10.1. The number of rotatable bonds is 5. The van der Waals surface area contributed by atoms with E-state index < -0.39 is 27.0 Å². The number of alkyl halides is 3. The molecule has 33 heavy (non-hydrogen) atoms. The number of hydrogen-bond acceptors (Lipinski definition) is 6. The molecular formula is C19H22ClF2N7O3S. The molecule has 0 N–H and O–H groups in total. The molecular weight excluding hydrogens is 480 g/mol. The van der Waals surface area contributed by atoms with Gasteiger partial charge < -0.3 is 4.90 Å². The number of aromatic nitrogens is 5. The summed E-state index contributed by atoms with van der Waals surface area (Å²) in [5.41, 5.74) is 0.113. The van der Waals surface area contributed by atoms with Crippen molar-refractivity contribution in [2.24, 2.45) is 0 Å². The van der Waals surface area contributed by atoms with E-state index in [0.717, 1.165) is 10.6 Å². The van der Waals surface area contributed by atoms with E-state index >= 15 is 0 Å². The molecule has 0 bridgehead atoms. The van der Waals surface area contributed by atoms with Gasteiger partial charge in [-0.2, -0.15) is 23.3 Å². The fourth-order valence-electron chi connectivity index (χ4n) is 3.75. The average molecular weight is 502 g/mol. The molecule has 1 fully saturated rings. The van der Waals surface area contributed by atoms with Gasteiger partial charge in [0.2, 0.25) is 10.0 Å². The van der Waals surface area contributed by atoms with E-state index in [9.17, 15) is 22.0 Å². The van der Waals surface area contributed by atoms with Crippen LogP contribution in [0, 0.1) is 13.8 Å². The Labute approximate surface area is 193 Å². The Hall–Kier alpha value is -2.64. The number of fused-ring (bicyclic) bond motifs is 1. The van der Waals surface area contributed by atoms with Crippen LogP contribution in [0.1, 0.15) is 34.5 Å². The highest BCUT2D eigenvalue weighted by Gasteiger charge is 2.35. The topological polar surface area (TPSA) is 106 Å². The van der Waals surface area contributed by atoms with Crippen LogP contribution in [0.4, 0.5) is 8.78 Å². The maximum atomic E-state index is 13.8. The van der Waals surface area contributed by atoms with Crippen LogP contribution in [0.2, 0.25) is 0 Å². The first-order valence-corrected chi connectivity index (χ1v) is 12.0. The predicted octanol–water partition coefficient (Wildman–Crippen LogP) is 2.00. The predicted molar refractivity (Wildman–Crippen MR) is 115 cm³/mol. The van der Waals surface area contributed by atoms with E-state index in [2.05, 4.69) is 15.2 Å². The quantitative estimate of drug-likeness (QED) is 0.495. The second-order valence-electron chi connectivity index (χ2n) is 7.71. The summed E-state index contributed by atoms with van der Waals surface area (Å²) in [6, 6.07) is 2.42. The molecule has 3 aromatic heterocycles. The number of amides is 1. The monoisotopic (exact) mass is 501 g/mol. The SMILES string of the molecule is CCn1cc(S(=O)(=O)N2CCN(C(=O)c3cc4nc(C)cc(C(F)(F)Cl)n4n3)CC2)c(C)n1.